The smallest absolute Gasteiger partial charge is 0.141 e. The molecule has 168 valence electrons. The van der Waals surface area contributed by atoms with Gasteiger partial charge in [-0.25, -0.2) is 0 Å². The first-order valence-electron chi connectivity index (χ1n) is 10.8. The summed E-state index contributed by atoms with van der Waals surface area (Å²) >= 11 is 6.73. The van der Waals surface area contributed by atoms with Gasteiger partial charge in [0.15, 0.2) is 0 Å². The molecule has 2 aliphatic heterocycles. The van der Waals surface area contributed by atoms with Crippen molar-refractivity contribution < 1.29 is 29.9 Å². The molecule has 1 saturated heterocycles. The molecule has 2 aromatic carbocycles. The van der Waals surface area contributed by atoms with Crippen LogP contribution in [-0.2, 0) is 24.0 Å². The lowest BCUT2D eigenvalue weighted by Crippen LogP contribution is -2.55. The maximum absolute atomic E-state index is 10.7. The first-order valence-corrected chi connectivity index (χ1v) is 11.2. The first kappa shape index (κ1) is 22.5. The number of ether oxygens (including phenoxy) is 2. The quantitative estimate of drug-likeness (QED) is 0.560. The second-order valence-corrected chi connectivity index (χ2v) is 8.67. The summed E-state index contributed by atoms with van der Waals surface area (Å²) < 4.78 is 11.8. The Bertz CT molecular complexity index is 913. The van der Waals surface area contributed by atoms with Crippen LogP contribution in [0.3, 0.4) is 0 Å². The highest BCUT2D eigenvalue weighted by Crippen LogP contribution is 2.44. The Kier molecular flexibility index (Phi) is 6.86. The minimum atomic E-state index is -1.43. The maximum Gasteiger partial charge on any atom is 0.141 e. The number of hydrogen-bond acceptors (Lipinski definition) is 6. The van der Waals surface area contributed by atoms with Crippen LogP contribution in [0.1, 0.15) is 47.3 Å². The molecule has 4 N–H and O–H groups in total. The van der Waals surface area contributed by atoms with Crippen molar-refractivity contribution in [3.63, 3.8) is 0 Å². The van der Waals surface area contributed by atoms with Crippen molar-refractivity contribution in [1.29, 1.82) is 0 Å². The summed E-state index contributed by atoms with van der Waals surface area (Å²) in [6, 6.07) is 10.2. The van der Waals surface area contributed by atoms with E-state index in [4.69, 9.17) is 21.1 Å². The van der Waals surface area contributed by atoms with Crippen LogP contribution >= 0.6 is 11.6 Å². The lowest BCUT2D eigenvalue weighted by atomic mass is 9.85. The van der Waals surface area contributed by atoms with Crippen LogP contribution in [0, 0.1) is 0 Å². The van der Waals surface area contributed by atoms with Crippen LogP contribution in [0.5, 0.6) is 5.75 Å². The Hall–Kier alpha value is -1.67. The van der Waals surface area contributed by atoms with Gasteiger partial charge in [-0.1, -0.05) is 48.9 Å². The second kappa shape index (κ2) is 9.45. The fourth-order valence-electron chi connectivity index (χ4n) is 4.43. The maximum atomic E-state index is 10.7. The van der Waals surface area contributed by atoms with E-state index in [1.54, 1.807) is 0 Å². The predicted molar refractivity (Wildman–Crippen MR) is 117 cm³/mol. The Morgan fingerprint density at radius 1 is 1.03 bits per heavy atom. The topological polar surface area (TPSA) is 99.4 Å². The number of fused-ring (bicyclic) bond motifs is 1. The normalized spacial score (nSPS) is 28.1. The zero-order chi connectivity index (χ0) is 22.1. The third-order valence-corrected chi connectivity index (χ3v) is 6.69. The molecule has 2 aromatic rings. The molecule has 0 aliphatic carbocycles. The molecule has 31 heavy (non-hydrogen) atoms. The van der Waals surface area contributed by atoms with E-state index in [0.717, 1.165) is 29.5 Å². The van der Waals surface area contributed by atoms with Crippen molar-refractivity contribution in [2.24, 2.45) is 0 Å². The number of hydrogen-bond donors (Lipinski definition) is 4. The Morgan fingerprint density at radius 2 is 1.74 bits per heavy atom. The van der Waals surface area contributed by atoms with Gasteiger partial charge in [-0.05, 0) is 47.9 Å². The van der Waals surface area contributed by atoms with Gasteiger partial charge < -0.3 is 29.9 Å². The van der Waals surface area contributed by atoms with Crippen molar-refractivity contribution in [2.75, 3.05) is 13.2 Å². The van der Waals surface area contributed by atoms with E-state index in [1.807, 2.05) is 6.07 Å². The highest BCUT2D eigenvalue weighted by molar-refractivity contribution is 6.33. The predicted octanol–water partition coefficient (Wildman–Crippen LogP) is 2.33. The zero-order valence-electron chi connectivity index (χ0n) is 17.5. The first-order chi connectivity index (χ1) is 14.9. The third-order valence-electron chi connectivity index (χ3n) is 6.28. The molecule has 2 heterocycles. The van der Waals surface area contributed by atoms with Crippen LogP contribution < -0.4 is 4.74 Å². The molecular weight excluding hydrogens is 420 g/mol. The van der Waals surface area contributed by atoms with Gasteiger partial charge in [0, 0.05) is 5.56 Å². The molecule has 2 aliphatic rings. The second-order valence-electron chi connectivity index (χ2n) is 8.29. The third kappa shape index (κ3) is 4.33. The van der Waals surface area contributed by atoms with Gasteiger partial charge in [0.1, 0.15) is 36.3 Å². The molecule has 4 rings (SSSR count). The monoisotopic (exact) mass is 448 g/mol. The number of aryl methyl sites for hydroxylation is 1. The molecule has 0 radical (unpaired) electrons. The number of rotatable bonds is 5. The van der Waals surface area contributed by atoms with Crippen molar-refractivity contribution in [3.05, 3.63) is 63.2 Å². The fraction of sp³-hybridized carbons (Fsp3) is 0.500. The number of halogens is 1. The highest BCUT2D eigenvalue weighted by atomic mass is 35.5. The molecular formula is C24H29ClO6. The van der Waals surface area contributed by atoms with E-state index < -0.39 is 37.1 Å². The van der Waals surface area contributed by atoms with E-state index in [1.165, 1.54) is 5.56 Å². The summed E-state index contributed by atoms with van der Waals surface area (Å²) in [6.45, 7) is 2.19. The minimum Gasteiger partial charge on any atom is -0.492 e. The highest BCUT2D eigenvalue weighted by Gasteiger charge is 2.45. The Balaban J connectivity index is 1.75. The molecule has 1 fully saturated rings. The zero-order valence-corrected chi connectivity index (χ0v) is 18.3. The number of aliphatic hydroxyl groups is 4. The van der Waals surface area contributed by atoms with Crippen molar-refractivity contribution in [1.82, 2.24) is 0 Å². The van der Waals surface area contributed by atoms with E-state index in [0.29, 0.717) is 35.8 Å². The van der Waals surface area contributed by atoms with Gasteiger partial charge in [0.2, 0.25) is 0 Å². The molecule has 7 heteroatoms. The molecule has 0 bridgehead atoms. The van der Waals surface area contributed by atoms with Crippen LogP contribution in [0.15, 0.2) is 30.3 Å². The number of aliphatic hydroxyl groups excluding tert-OH is 4. The largest absolute Gasteiger partial charge is 0.492 e. The summed E-state index contributed by atoms with van der Waals surface area (Å²) in [5.41, 5.74) is 4.70. The Labute approximate surface area is 187 Å². The molecule has 0 amide bonds. The van der Waals surface area contributed by atoms with E-state index in [2.05, 4.69) is 31.2 Å². The van der Waals surface area contributed by atoms with Crippen LogP contribution in [-0.4, -0.2) is 58.1 Å². The van der Waals surface area contributed by atoms with E-state index in [9.17, 15) is 20.4 Å². The fourth-order valence-corrected chi connectivity index (χ4v) is 4.72. The van der Waals surface area contributed by atoms with Gasteiger partial charge in [-0.15, -0.1) is 0 Å². The van der Waals surface area contributed by atoms with Gasteiger partial charge in [-0.3, -0.25) is 0 Å². The van der Waals surface area contributed by atoms with E-state index in [-0.39, 0.29) is 0 Å². The molecule has 6 nitrogen and oxygen atoms in total. The minimum absolute atomic E-state index is 0.468. The van der Waals surface area contributed by atoms with Crippen LogP contribution in [0.2, 0.25) is 5.02 Å². The van der Waals surface area contributed by atoms with Crippen molar-refractivity contribution >= 4 is 11.6 Å². The summed E-state index contributed by atoms with van der Waals surface area (Å²) in [5.74, 6) is 0.586. The summed E-state index contributed by atoms with van der Waals surface area (Å²) in [7, 11) is 0. The number of benzene rings is 2. The lowest BCUT2D eigenvalue weighted by molar-refractivity contribution is -0.232. The van der Waals surface area contributed by atoms with Gasteiger partial charge >= 0.3 is 0 Å². The van der Waals surface area contributed by atoms with Crippen molar-refractivity contribution in [2.45, 2.75) is 63.1 Å². The standard InChI is InChI=1S/C24H29ClO6/c1-2-13-5-7-14(8-6-13)10-15-11-17(16-4-3-9-30-23(16)19(15)25)24-22(29)21(28)20(27)18(12-26)31-24/h5-8,11,18,20-22,24,26-29H,2-4,9-10,12H2,1H3. The van der Waals surface area contributed by atoms with Crippen LogP contribution in [0.4, 0.5) is 0 Å². The molecule has 0 aromatic heterocycles. The molecule has 0 spiro atoms. The average molecular weight is 449 g/mol. The summed E-state index contributed by atoms with van der Waals surface area (Å²) in [6.07, 6.45) is -3.02. The molecule has 5 atom stereocenters. The average Bonchev–Trinajstić information content (AvgIpc) is 2.80. The molecule has 5 unspecified atom stereocenters. The van der Waals surface area contributed by atoms with Gasteiger partial charge in [0.25, 0.3) is 0 Å². The summed E-state index contributed by atoms with van der Waals surface area (Å²) in [5, 5.41) is 41.3. The van der Waals surface area contributed by atoms with Crippen LogP contribution in [0.25, 0.3) is 0 Å². The lowest BCUT2D eigenvalue weighted by Gasteiger charge is -2.41. The SMILES string of the molecule is CCc1ccc(Cc2cc(C3OC(CO)C(O)C(O)C3O)c3c(c2Cl)OCCC3)cc1. The van der Waals surface area contributed by atoms with Gasteiger partial charge in [-0.2, -0.15) is 0 Å². The van der Waals surface area contributed by atoms with Gasteiger partial charge in [0.05, 0.1) is 18.2 Å². The summed E-state index contributed by atoms with van der Waals surface area (Å²) in [4.78, 5) is 0. The van der Waals surface area contributed by atoms with E-state index >= 15 is 0 Å². The van der Waals surface area contributed by atoms with Crippen molar-refractivity contribution in [3.8, 4) is 5.75 Å². The molecule has 0 saturated carbocycles. The Morgan fingerprint density at radius 3 is 2.42 bits per heavy atom.